The molecule has 4 heterocycles. The molecule has 5 rings (SSSR count). The van der Waals surface area contributed by atoms with Crippen LogP contribution >= 0.6 is 0 Å². The standard InChI is InChI=1S/C21H21N7O3/c29-20-15-5-3-8-23-17(15)21(30)18-19(20)28(31)24-27(18)10-4-9-25-11-13-26(14-12-25)16-6-1-2-7-22-16/h1-3,5-8H,4,9-14H2. The number of carbonyl (C=O) groups excluding carboxylic acids is 2. The third kappa shape index (κ3) is 3.44. The van der Waals surface area contributed by atoms with Gasteiger partial charge in [-0.3, -0.25) is 19.5 Å². The summed E-state index contributed by atoms with van der Waals surface area (Å²) >= 11 is 0. The first-order valence-corrected chi connectivity index (χ1v) is 10.3. The summed E-state index contributed by atoms with van der Waals surface area (Å²) in [6.45, 7) is 4.78. The van der Waals surface area contributed by atoms with Crippen LogP contribution in [-0.4, -0.2) is 69.1 Å². The lowest BCUT2D eigenvalue weighted by atomic mass is 9.94. The molecular formula is C21H21N7O3. The Balaban J connectivity index is 1.23. The predicted molar refractivity (Wildman–Crippen MR) is 110 cm³/mol. The number of fused-ring (bicyclic) bond motifs is 2. The maximum Gasteiger partial charge on any atom is 0.258 e. The minimum atomic E-state index is -0.510. The van der Waals surface area contributed by atoms with Gasteiger partial charge in [-0.05, 0) is 24.3 Å². The molecule has 3 aromatic rings. The van der Waals surface area contributed by atoms with Gasteiger partial charge in [-0.25, -0.2) is 4.98 Å². The number of anilines is 1. The van der Waals surface area contributed by atoms with Gasteiger partial charge in [-0.1, -0.05) is 6.07 Å². The third-order valence-electron chi connectivity index (χ3n) is 5.75. The first kappa shape index (κ1) is 19.3. The molecule has 2 aliphatic rings. The highest BCUT2D eigenvalue weighted by Crippen LogP contribution is 2.23. The molecule has 158 valence electrons. The molecule has 0 N–H and O–H groups in total. The summed E-state index contributed by atoms with van der Waals surface area (Å²) in [5, 5.41) is 16.1. The van der Waals surface area contributed by atoms with Crippen LogP contribution in [0.3, 0.4) is 0 Å². The Bertz CT molecular complexity index is 1140. The fraction of sp³-hybridized carbons (Fsp3) is 0.333. The zero-order valence-corrected chi connectivity index (χ0v) is 16.8. The van der Waals surface area contributed by atoms with Crippen molar-refractivity contribution in [2.75, 3.05) is 37.6 Å². The lowest BCUT2D eigenvalue weighted by molar-refractivity contribution is -0.672. The van der Waals surface area contributed by atoms with E-state index in [0.717, 1.165) is 38.5 Å². The average molecular weight is 419 g/mol. The van der Waals surface area contributed by atoms with Crippen molar-refractivity contribution in [2.45, 2.75) is 13.0 Å². The topological polar surface area (TPSA) is 111 Å². The van der Waals surface area contributed by atoms with E-state index in [1.54, 1.807) is 12.3 Å². The summed E-state index contributed by atoms with van der Waals surface area (Å²) in [6.07, 6.45) is 3.97. The molecule has 10 heteroatoms. The van der Waals surface area contributed by atoms with E-state index in [4.69, 9.17) is 0 Å². The summed E-state index contributed by atoms with van der Waals surface area (Å²) < 4.78 is 1.35. The minimum absolute atomic E-state index is 0.0335. The van der Waals surface area contributed by atoms with E-state index in [1.807, 2.05) is 18.2 Å². The summed E-state index contributed by atoms with van der Waals surface area (Å²) in [4.78, 5) is 38.9. The van der Waals surface area contributed by atoms with Gasteiger partial charge in [0.05, 0.1) is 10.8 Å². The van der Waals surface area contributed by atoms with Crippen LogP contribution in [0.25, 0.3) is 0 Å². The van der Waals surface area contributed by atoms with Crippen LogP contribution < -0.4 is 9.75 Å². The van der Waals surface area contributed by atoms with Crippen molar-refractivity contribution in [3.63, 3.8) is 0 Å². The molecule has 10 nitrogen and oxygen atoms in total. The quantitative estimate of drug-likeness (QED) is 0.335. The van der Waals surface area contributed by atoms with E-state index in [9.17, 15) is 14.8 Å². The molecule has 1 fully saturated rings. The van der Waals surface area contributed by atoms with Crippen LogP contribution in [0.2, 0.25) is 0 Å². The number of rotatable bonds is 5. The fourth-order valence-electron chi connectivity index (χ4n) is 4.17. The second kappa shape index (κ2) is 7.88. The van der Waals surface area contributed by atoms with E-state index < -0.39 is 11.6 Å². The molecule has 0 spiro atoms. The van der Waals surface area contributed by atoms with Crippen molar-refractivity contribution in [2.24, 2.45) is 0 Å². The van der Waals surface area contributed by atoms with Crippen LogP contribution in [0.1, 0.15) is 38.7 Å². The molecule has 0 saturated carbocycles. The molecule has 31 heavy (non-hydrogen) atoms. The van der Waals surface area contributed by atoms with E-state index >= 15 is 0 Å². The van der Waals surface area contributed by atoms with Gasteiger partial charge in [0, 0.05) is 51.5 Å². The molecule has 1 aliphatic carbocycles. The lowest BCUT2D eigenvalue weighted by Crippen LogP contribution is -2.47. The van der Waals surface area contributed by atoms with Crippen LogP contribution in [0.5, 0.6) is 0 Å². The van der Waals surface area contributed by atoms with Gasteiger partial charge in [0.1, 0.15) is 18.1 Å². The number of aryl methyl sites for hydroxylation is 1. The summed E-state index contributed by atoms with van der Waals surface area (Å²) in [6, 6.07) is 8.99. The second-order valence-electron chi connectivity index (χ2n) is 7.61. The SMILES string of the molecule is O=C1c2ncccc2C(=O)c2c1n(CCCN1CCN(c3ccccn3)CC1)n[n+]2[O-]. The van der Waals surface area contributed by atoms with Crippen LogP contribution in [0.15, 0.2) is 42.7 Å². The van der Waals surface area contributed by atoms with E-state index in [0.29, 0.717) is 13.0 Å². The summed E-state index contributed by atoms with van der Waals surface area (Å²) in [5.74, 6) is 0.0447. The van der Waals surface area contributed by atoms with Crippen LogP contribution in [0.4, 0.5) is 5.82 Å². The highest BCUT2D eigenvalue weighted by molar-refractivity contribution is 6.25. The second-order valence-corrected chi connectivity index (χ2v) is 7.61. The Morgan fingerprint density at radius 1 is 0.935 bits per heavy atom. The van der Waals surface area contributed by atoms with Crippen LogP contribution in [0, 0.1) is 5.21 Å². The highest BCUT2D eigenvalue weighted by atomic mass is 16.5. The molecular weight excluding hydrogens is 398 g/mol. The van der Waals surface area contributed by atoms with E-state index in [2.05, 4.69) is 25.0 Å². The van der Waals surface area contributed by atoms with E-state index in [1.165, 1.54) is 16.9 Å². The highest BCUT2D eigenvalue weighted by Gasteiger charge is 2.42. The number of piperazine rings is 1. The van der Waals surface area contributed by atoms with Gasteiger partial charge >= 0.3 is 0 Å². The number of hydrogen-bond acceptors (Lipinski definition) is 8. The van der Waals surface area contributed by atoms with Gasteiger partial charge in [0.25, 0.3) is 17.2 Å². The predicted octanol–water partition coefficient (Wildman–Crippen LogP) is 0.294. The van der Waals surface area contributed by atoms with Crippen molar-refractivity contribution in [3.05, 3.63) is 70.6 Å². The number of ketones is 2. The molecule has 0 unspecified atom stereocenters. The molecule has 1 saturated heterocycles. The largest absolute Gasteiger partial charge is 0.691 e. The monoisotopic (exact) mass is 419 g/mol. The molecule has 0 radical (unpaired) electrons. The van der Waals surface area contributed by atoms with Crippen molar-refractivity contribution >= 4 is 17.4 Å². The number of carbonyl (C=O) groups is 2. The number of aromatic nitrogens is 5. The Morgan fingerprint density at radius 3 is 2.52 bits per heavy atom. The molecule has 3 aromatic heterocycles. The van der Waals surface area contributed by atoms with Gasteiger partial charge in [0.15, 0.2) is 0 Å². The minimum Gasteiger partial charge on any atom is -0.691 e. The zero-order valence-electron chi connectivity index (χ0n) is 16.8. The molecule has 1 aliphatic heterocycles. The van der Waals surface area contributed by atoms with Gasteiger partial charge in [-0.2, -0.15) is 0 Å². The Hall–Kier alpha value is -3.66. The summed E-state index contributed by atoms with van der Waals surface area (Å²) in [7, 11) is 0. The van der Waals surface area contributed by atoms with Crippen LogP contribution in [-0.2, 0) is 6.54 Å². The molecule has 0 atom stereocenters. The Morgan fingerprint density at radius 2 is 1.74 bits per heavy atom. The maximum atomic E-state index is 12.9. The number of nitrogens with zero attached hydrogens (tertiary/aromatic N) is 7. The lowest BCUT2D eigenvalue weighted by Gasteiger charge is -2.35. The Kier molecular flexibility index (Phi) is 4.91. The van der Waals surface area contributed by atoms with Crippen molar-refractivity contribution in [1.29, 1.82) is 0 Å². The number of hydrogen-bond donors (Lipinski definition) is 0. The summed E-state index contributed by atoms with van der Waals surface area (Å²) in [5.41, 5.74) is 0.0444. The van der Waals surface area contributed by atoms with Crippen molar-refractivity contribution in [1.82, 2.24) is 24.8 Å². The first-order chi connectivity index (χ1) is 15.1. The van der Waals surface area contributed by atoms with Crippen molar-refractivity contribution in [3.8, 4) is 0 Å². The van der Waals surface area contributed by atoms with E-state index in [-0.39, 0.29) is 27.5 Å². The van der Waals surface area contributed by atoms with Crippen molar-refractivity contribution < 1.29 is 14.4 Å². The molecule has 0 amide bonds. The van der Waals surface area contributed by atoms with Gasteiger partial charge < -0.3 is 10.1 Å². The third-order valence-corrected chi connectivity index (χ3v) is 5.75. The molecule has 0 bridgehead atoms. The average Bonchev–Trinajstić information content (AvgIpc) is 3.15. The first-order valence-electron chi connectivity index (χ1n) is 10.3. The smallest absolute Gasteiger partial charge is 0.258 e. The fourth-order valence-corrected chi connectivity index (χ4v) is 4.17. The van der Waals surface area contributed by atoms with Gasteiger partial charge in [-0.15, -0.1) is 9.53 Å². The molecule has 0 aromatic carbocycles. The normalized spacial score (nSPS) is 16.3. The van der Waals surface area contributed by atoms with Gasteiger partial charge in [0.2, 0.25) is 5.78 Å². The maximum absolute atomic E-state index is 12.9. The number of pyridine rings is 2. The Labute approximate surface area is 178 Å². The zero-order chi connectivity index (χ0) is 21.4.